The van der Waals surface area contributed by atoms with Gasteiger partial charge in [0.25, 0.3) is 0 Å². The van der Waals surface area contributed by atoms with E-state index in [-0.39, 0.29) is 12.5 Å². The molecule has 0 fully saturated rings. The predicted molar refractivity (Wildman–Crippen MR) is 138 cm³/mol. The lowest BCUT2D eigenvalue weighted by Gasteiger charge is -2.33. The molecule has 0 aliphatic rings. The van der Waals surface area contributed by atoms with E-state index in [2.05, 4.69) is 5.32 Å². The first-order chi connectivity index (χ1) is 15.9. The third-order valence-corrected chi connectivity index (χ3v) is 7.43. The number of anilines is 1. The molecule has 0 aliphatic heterocycles. The first kappa shape index (κ1) is 28.0. The van der Waals surface area contributed by atoms with Crippen LogP contribution >= 0.6 is 23.2 Å². The Balaban J connectivity index is 2.51. The number of likely N-dealkylation sites (N-methyl/N-ethyl adjacent to an activating group) is 1. The van der Waals surface area contributed by atoms with Crippen molar-refractivity contribution in [2.45, 2.75) is 46.7 Å². The van der Waals surface area contributed by atoms with Gasteiger partial charge in [-0.1, -0.05) is 42.3 Å². The van der Waals surface area contributed by atoms with Crippen molar-refractivity contribution in [3.05, 3.63) is 63.1 Å². The van der Waals surface area contributed by atoms with E-state index < -0.39 is 28.5 Å². The van der Waals surface area contributed by atoms with Gasteiger partial charge >= 0.3 is 0 Å². The second-order valence-electron chi connectivity index (χ2n) is 8.08. The largest absolute Gasteiger partial charge is 0.355 e. The fourth-order valence-corrected chi connectivity index (χ4v) is 4.92. The molecular formula is C24H31Cl2N3O4S. The summed E-state index contributed by atoms with van der Waals surface area (Å²) in [4.78, 5) is 27.8. The van der Waals surface area contributed by atoms with Crippen LogP contribution in [0.4, 0.5) is 5.69 Å². The molecule has 2 rings (SSSR count). The number of sulfonamides is 1. The van der Waals surface area contributed by atoms with Gasteiger partial charge in [0.15, 0.2) is 0 Å². The van der Waals surface area contributed by atoms with Gasteiger partial charge in [0.05, 0.1) is 11.9 Å². The van der Waals surface area contributed by atoms with Gasteiger partial charge in [0.2, 0.25) is 21.8 Å². The summed E-state index contributed by atoms with van der Waals surface area (Å²) in [7, 11) is -3.80. The molecule has 2 amide bonds. The molecule has 10 heteroatoms. The minimum absolute atomic E-state index is 0.0441. The summed E-state index contributed by atoms with van der Waals surface area (Å²) in [5.41, 5.74) is 2.76. The number of carbonyl (C=O) groups is 2. The first-order valence-electron chi connectivity index (χ1n) is 11.0. The average molecular weight is 529 g/mol. The fourth-order valence-electron chi connectivity index (χ4n) is 3.56. The minimum atomic E-state index is -3.80. The van der Waals surface area contributed by atoms with E-state index in [1.54, 1.807) is 50.2 Å². The normalized spacial score (nSPS) is 12.2. The number of halogens is 2. The van der Waals surface area contributed by atoms with Crippen LogP contribution in [0.15, 0.2) is 36.4 Å². The van der Waals surface area contributed by atoms with E-state index >= 15 is 0 Å². The Kier molecular flexibility index (Phi) is 9.79. The monoisotopic (exact) mass is 527 g/mol. The van der Waals surface area contributed by atoms with Crippen molar-refractivity contribution in [3.8, 4) is 0 Å². The van der Waals surface area contributed by atoms with Gasteiger partial charge in [-0.15, -0.1) is 0 Å². The maximum atomic E-state index is 13.6. The molecule has 1 atom stereocenters. The number of carbonyl (C=O) groups excluding carboxylic acids is 2. The maximum Gasteiger partial charge on any atom is 0.244 e. The highest BCUT2D eigenvalue weighted by Crippen LogP contribution is 2.28. The standard InChI is InChI=1S/C24H31Cl2N3O4S/c1-6-22(24(31)27-7-2)28(14-19-20(25)9-8-10-21(19)26)23(30)15-29(34(5,32)33)18-12-11-16(3)17(4)13-18/h8-13,22H,6-7,14-15H2,1-5H3,(H,27,31)/t22-/m0/s1. The van der Waals surface area contributed by atoms with Gasteiger partial charge in [0, 0.05) is 28.7 Å². The number of nitrogens with one attached hydrogen (secondary N) is 1. The molecule has 2 aromatic carbocycles. The highest BCUT2D eigenvalue weighted by Gasteiger charge is 2.32. The van der Waals surface area contributed by atoms with E-state index in [4.69, 9.17) is 23.2 Å². The quantitative estimate of drug-likeness (QED) is 0.498. The van der Waals surface area contributed by atoms with Gasteiger partial charge in [-0.3, -0.25) is 13.9 Å². The Morgan fingerprint density at radius 2 is 1.65 bits per heavy atom. The number of nitrogens with zero attached hydrogens (tertiary/aromatic N) is 2. The lowest BCUT2D eigenvalue weighted by atomic mass is 10.1. The maximum absolute atomic E-state index is 13.6. The number of rotatable bonds is 10. The van der Waals surface area contributed by atoms with Crippen LogP contribution in [0.25, 0.3) is 0 Å². The van der Waals surface area contributed by atoms with Crippen LogP contribution in [-0.2, 0) is 26.2 Å². The Labute approximate surface area is 212 Å². The van der Waals surface area contributed by atoms with Crippen LogP contribution in [0.1, 0.15) is 37.0 Å². The van der Waals surface area contributed by atoms with Crippen LogP contribution in [-0.4, -0.2) is 50.5 Å². The lowest BCUT2D eigenvalue weighted by molar-refractivity contribution is -0.140. The summed E-state index contributed by atoms with van der Waals surface area (Å²) in [6.07, 6.45) is 1.37. The minimum Gasteiger partial charge on any atom is -0.355 e. The van der Waals surface area contributed by atoms with E-state index in [1.807, 2.05) is 13.8 Å². The van der Waals surface area contributed by atoms with Gasteiger partial charge in [-0.05, 0) is 62.6 Å². The van der Waals surface area contributed by atoms with Crippen molar-refractivity contribution in [1.82, 2.24) is 10.2 Å². The topological polar surface area (TPSA) is 86.8 Å². The number of aryl methyl sites for hydroxylation is 2. The fraction of sp³-hybridized carbons (Fsp3) is 0.417. The molecular weight excluding hydrogens is 497 g/mol. The van der Waals surface area contributed by atoms with Crippen molar-refractivity contribution in [2.75, 3.05) is 23.7 Å². The van der Waals surface area contributed by atoms with Gasteiger partial charge in [-0.2, -0.15) is 0 Å². The number of amides is 2. The van der Waals surface area contributed by atoms with E-state index in [0.29, 0.717) is 34.3 Å². The molecule has 0 radical (unpaired) electrons. The molecule has 0 aromatic heterocycles. The van der Waals surface area contributed by atoms with E-state index in [0.717, 1.165) is 21.7 Å². The van der Waals surface area contributed by atoms with Crippen molar-refractivity contribution >= 4 is 50.7 Å². The molecule has 0 aliphatic carbocycles. The van der Waals surface area contributed by atoms with Gasteiger partial charge < -0.3 is 10.2 Å². The lowest BCUT2D eigenvalue weighted by Crippen LogP contribution is -2.52. The molecule has 0 heterocycles. The molecule has 2 aromatic rings. The van der Waals surface area contributed by atoms with Crippen molar-refractivity contribution in [1.29, 1.82) is 0 Å². The zero-order valence-corrected chi connectivity index (χ0v) is 22.4. The number of hydrogen-bond donors (Lipinski definition) is 1. The van der Waals surface area contributed by atoms with Gasteiger partial charge in [-0.25, -0.2) is 8.42 Å². The zero-order valence-electron chi connectivity index (χ0n) is 20.1. The highest BCUT2D eigenvalue weighted by atomic mass is 35.5. The number of benzene rings is 2. The molecule has 0 spiro atoms. The molecule has 0 unspecified atom stereocenters. The summed E-state index contributed by atoms with van der Waals surface area (Å²) in [5, 5.41) is 3.45. The molecule has 186 valence electrons. The second kappa shape index (κ2) is 11.9. The van der Waals surface area contributed by atoms with Crippen LogP contribution < -0.4 is 9.62 Å². The highest BCUT2D eigenvalue weighted by molar-refractivity contribution is 7.92. The van der Waals surface area contributed by atoms with Gasteiger partial charge in [0.1, 0.15) is 12.6 Å². The molecule has 34 heavy (non-hydrogen) atoms. The summed E-state index contributed by atoms with van der Waals surface area (Å²) in [6.45, 7) is 7.23. The van der Waals surface area contributed by atoms with Crippen molar-refractivity contribution < 1.29 is 18.0 Å². The summed E-state index contributed by atoms with van der Waals surface area (Å²) in [6, 6.07) is 9.34. The third-order valence-electron chi connectivity index (χ3n) is 5.58. The van der Waals surface area contributed by atoms with Crippen molar-refractivity contribution in [2.24, 2.45) is 0 Å². The molecule has 0 saturated carbocycles. The summed E-state index contributed by atoms with van der Waals surface area (Å²) >= 11 is 12.7. The number of hydrogen-bond acceptors (Lipinski definition) is 4. The zero-order chi connectivity index (χ0) is 25.6. The Morgan fingerprint density at radius 3 is 2.15 bits per heavy atom. The van der Waals surface area contributed by atoms with Crippen molar-refractivity contribution in [3.63, 3.8) is 0 Å². The molecule has 1 N–H and O–H groups in total. The second-order valence-corrected chi connectivity index (χ2v) is 10.8. The molecule has 0 bridgehead atoms. The first-order valence-corrected chi connectivity index (χ1v) is 13.6. The summed E-state index contributed by atoms with van der Waals surface area (Å²) < 4.78 is 26.4. The van der Waals surface area contributed by atoms with E-state index in [1.165, 1.54) is 4.90 Å². The third kappa shape index (κ3) is 6.87. The Morgan fingerprint density at radius 1 is 1.03 bits per heavy atom. The predicted octanol–water partition coefficient (Wildman–Crippen LogP) is 4.32. The Hall–Kier alpha value is -2.29. The average Bonchev–Trinajstić information content (AvgIpc) is 2.75. The van der Waals surface area contributed by atoms with Crippen LogP contribution in [0, 0.1) is 13.8 Å². The van der Waals surface area contributed by atoms with E-state index in [9.17, 15) is 18.0 Å². The van der Waals surface area contributed by atoms with Crippen LogP contribution in [0.3, 0.4) is 0 Å². The SMILES string of the molecule is CCNC(=O)[C@H](CC)N(Cc1c(Cl)cccc1Cl)C(=O)CN(c1ccc(C)c(C)c1)S(C)(=O)=O. The molecule has 0 saturated heterocycles. The smallest absolute Gasteiger partial charge is 0.244 e. The Bertz CT molecular complexity index is 1130. The van der Waals surface area contributed by atoms with Crippen LogP contribution in [0.2, 0.25) is 10.0 Å². The van der Waals surface area contributed by atoms with Crippen LogP contribution in [0.5, 0.6) is 0 Å². The molecule has 7 nitrogen and oxygen atoms in total. The summed E-state index contributed by atoms with van der Waals surface area (Å²) in [5.74, 6) is -0.878.